The first-order chi connectivity index (χ1) is 71.3. The molecule has 0 unspecified atom stereocenters. The average Bonchev–Trinajstić information content (AvgIpc) is 0.813. The zero-order valence-electron chi connectivity index (χ0n) is 86.2. The first-order valence-electron chi connectivity index (χ1n) is 52.3. The maximum absolute atomic E-state index is 14.6. The van der Waals surface area contributed by atoms with Crippen molar-refractivity contribution >= 4 is 53.9 Å². The maximum Gasteiger partial charge on any atom is 0.123 e. The van der Waals surface area contributed by atoms with E-state index in [4.69, 9.17) is 4.98 Å². The van der Waals surface area contributed by atoms with Crippen LogP contribution in [0.1, 0.15) is 196 Å². The van der Waals surface area contributed by atoms with Crippen molar-refractivity contribution in [3.8, 4) is 112 Å². The molecule has 150 heavy (non-hydrogen) atoms. The molecule has 0 aliphatic rings. The molecule has 0 aliphatic heterocycles. The van der Waals surface area contributed by atoms with Gasteiger partial charge in [-0.05, 0) is 257 Å². The summed E-state index contributed by atoms with van der Waals surface area (Å²) in [5, 5.41) is 9.51. The molecule has 0 atom stereocenters. The number of hydrogen-bond donors (Lipinski definition) is 0. The Bertz CT molecular complexity index is 7540. The van der Waals surface area contributed by atoms with Crippen LogP contribution < -0.4 is 0 Å². The number of rotatable bonds is 35. The number of halogens is 4. The van der Waals surface area contributed by atoms with E-state index in [1.54, 1.807) is 55.1 Å². The largest absolute Gasteiger partial charge is 0.304 e. The third-order valence-electron chi connectivity index (χ3n) is 27.3. The third-order valence-corrected chi connectivity index (χ3v) is 27.3. The van der Waals surface area contributed by atoms with Gasteiger partial charge in [0, 0.05) is 143 Å². The molecule has 14 heteroatoms. The van der Waals surface area contributed by atoms with Gasteiger partial charge in [-0.25, -0.2) is 13.2 Å². The van der Waals surface area contributed by atoms with E-state index in [0.717, 1.165) is 142 Å². The minimum absolute atomic E-state index is 0. The van der Waals surface area contributed by atoms with Crippen LogP contribution in [0.3, 0.4) is 0 Å². The van der Waals surface area contributed by atoms with Gasteiger partial charge in [0.25, 0.3) is 0 Å². The van der Waals surface area contributed by atoms with Gasteiger partial charge in [0.05, 0.1) is 0 Å². The molecule has 5 aromatic heterocycles. The van der Waals surface area contributed by atoms with Crippen molar-refractivity contribution in [3.05, 3.63) is 452 Å². The van der Waals surface area contributed by atoms with Crippen LogP contribution in [-0.4, -0.2) is 24.9 Å². The second kappa shape index (κ2) is 61.7. The van der Waals surface area contributed by atoms with Crippen LogP contribution in [0.25, 0.3) is 166 Å². The van der Waals surface area contributed by atoms with Gasteiger partial charge in [-0.15, -0.1) is 159 Å². The van der Waals surface area contributed by atoms with Gasteiger partial charge in [-0.3, -0.25) is 4.39 Å². The summed E-state index contributed by atoms with van der Waals surface area (Å²) >= 11 is 0. The van der Waals surface area contributed by atoms with Crippen molar-refractivity contribution in [3.63, 3.8) is 0 Å². The van der Waals surface area contributed by atoms with E-state index in [1.165, 1.54) is 226 Å². The number of pyridine rings is 5. The summed E-state index contributed by atoms with van der Waals surface area (Å²) in [6, 6.07) is 127. The van der Waals surface area contributed by atoms with E-state index in [-0.39, 0.29) is 124 Å². The van der Waals surface area contributed by atoms with Crippen LogP contribution in [0.15, 0.2) is 365 Å². The topological polar surface area (TPSA) is 64.5 Å². The monoisotopic (exact) mass is 2870 g/mol. The average molecular weight is 2870 g/mol. The predicted octanol–water partition coefficient (Wildman–Crippen LogP) is 38.3. The van der Waals surface area contributed by atoms with E-state index in [1.807, 2.05) is 109 Å². The number of aromatic nitrogens is 5. The molecule has 20 rings (SSSR count). The second-order valence-electron chi connectivity index (χ2n) is 37.8. The number of unbranched alkanes of at least 4 members (excludes halogenated alkanes) is 15. The standard InChI is InChI=1S/C28H28N.4C27H25FN.5Ir/c1-3-4-5-6-10-22-15-17-24(18-16-22)25-13-9-14-26(21(25)2)28-27-12-8-7-11-23(27)19-20-29-28;1-2-3-4-5-8-20-13-15-21(16-14-20)23-10-6-11-24(19-23)27-26-22(17-18-29-27)9-7-12-25(26)28;1-2-3-4-5-8-20-11-13-22(14-12-20)25-19-23(15-16-26(25)28)27-24-10-7-6-9-21(24)17-18-29-27;1-2-3-4-5-7-20-10-12-21(13-11-20)23-8-6-9-24(18-23)27-26-19-25(28)15-14-22(26)16-17-29-27;1-2-3-4-5-7-20-10-12-21(13-11-20)22-8-6-9-24(18-22)27-26-15-14-25(28)19-23(26)16-17-29-27;;;;;/h7-9,11-13,15-20H,3-6,10H2,1-2H3;6-7,9-10,12-19H,2-5,8H2,1H3;6-7,9-14,16-19H,2-5,8H2,1H3;2*6,8,10-19H,2-5,7H2,1H3;;;;;/q5*-1;;;;;. The first-order valence-corrected chi connectivity index (χ1v) is 52.3. The molecule has 0 amide bonds. The van der Waals surface area contributed by atoms with Gasteiger partial charge >= 0.3 is 0 Å². The second-order valence-corrected chi connectivity index (χ2v) is 37.8. The molecule has 775 valence electrons. The Morgan fingerprint density at radius 1 is 0.227 bits per heavy atom. The van der Waals surface area contributed by atoms with Crippen molar-refractivity contribution in [1.29, 1.82) is 0 Å². The molecule has 20 aromatic rings. The fraction of sp³-hybridized carbons (Fsp3) is 0.228. The SMILES string of the molecule is CCCCCCc1ccc(-c2cc(-c3nccc4ccccc34)[c-]cc2F)cc1.CCCCCCc1ccc(-c2cc[c-]c(-c3nccc4cc(F)ccc34)c2)cc1.CCCCCCc1ccc(-c2cc[c-]c(-c3nccc4ccc(F)cc34)c2)cc1.CCCCCCc1ccc(-c2cc[c-]c(-c3nccc4cccc(F)c34)c2)cc1.CCCCCCc1ccc(-c2cc[c-]c(-c3nccc4ccccc34)c2C)cc1.[Ir].[Ir].[Ir].[Ir].[Ir]. The summed E-state index contributed by atoms with van der Waals surface area (Å²) in [5.74, 6) is -0.999. The van der Waals surface area contributed by atoms with E-state index in [9.17, 15) is 17.6 Å². The Hall–Kier alpha value is -11.7. The smallest absolute Gasteiger partial charge is 0.123 e. The summed E-state index contributed by atoms with van der Waals surface area (Å²) in [4.78, 5) is 22.8. The quantitative estimate of drug-likeness (QED) is 0.0225. The summed E-state index contributed by atoms with van der Waals surface area (Å²) in [7, 11) is 0. The fourth-order valence-electron chi connectivity index (χ4n) is 19.2. The molecule has 0 saturated heterocycles. The summed E-state index contributed by atoms with van der Waals surface area (Å²) < 4.78 is 56.5. The van der Waals surface area contributed by atoms with Crippen molar-refractivity contribution in [2.45, 2.75) is 202 Å². The summed E-state index contributed by atoms with van der Waals surface area (Å²) in [6.07, 6.45) is 40.2. The molecule has 0 N–H and O–H groups in total. The van der Waals surface area contributed by atoms with E-state index < -0.39 is 0 Å². The van der Waals surface area contributed by atoms with E-state index in [2.05, 4.69) is 268 Å². The molecule has 15 aromatic carbocycles. The minimum Gasteiger partial charge on any atom is -0.304 e. The molecule has 0 fully saturated rings. The van der Waals surface area contributed by atoms with Gasteiger partial charge in [0.1, 0.15) is 17.5 Å². The predicted molar refractivity (Wildman–Crippen MR) is 601 cm³/mol. The number of benzene rings is 15. The van der Waals surface area contributed by atoms with E-state index >= 15 is 0 Å². The zero-order chi connectivity index (χ0) is 100. The Morgan fingerprint density at radius 2 is 0.560 bits per heavy atom. The Morgan fingerprint density at radius 3 is 1.00 bits per heavy atom. The molecule has 0 spiro atoms. The number of nitrogens with zero attached hydrogens (tertiary/aromatic N) is 5. The van der Waals surface area contributed by atoms with E-state index in [0.29, 0.717) is 16.6 Å². The van der Waals surface area contributed by atoms with Crippen LogP contribution in [0.4, 0.5) is 17.6 Å². The van der Waals surface area contributed by atoms with Crippen molar-refractivity contribution in [1.82, 2.24) is 24.9 Å². The Balaban J connectivity index is 0.000000176. The Kier molecular flexibility index (Phi) is 48.8. The molecule has 5 radical (unpaired) electrons. The van der Waals surface area contributed by atoms with Crippen LogP contribution >= 0.6 is 0 Å². The molecule has 0 aliphatic carbocycles. The minimum atomic E-state index is -0.260. The zero-order valence-corrected chi connectivity index (χ0v) is 98.2. The van der Waals surface area contributed by atoms with Crippen LogP contribution in [0.2, 0.25) is 0 Å². The number of fused-ring (bicyclic) bond motifs is 5. The van der Waals surface area contributed by atoms with Gasteiger partial charge in [0.2, 0.25) is 0 Å². The number of hydrogen-bond acceptors (Lipinski definition) is 5. The van der Waals surface area contributed by atoms with Crippen LogP contribution in [0, 0.1) is 60.5 Å². The molecular formula is C136H128F4Ir5N5-5. The number of aryl methyl sites for hydroxylation is 5. The van der Waals surface area contributed by atoms with Gasteiger partial charge in [0.15, 0.2) is 0 Å². The van der Waals surface area contributed by atoms with Crippen molar-refractivity contribution < 1.29 is 118 Å². The summed E-state index contributed by atoms with van der Waals surface area (Å²) in [6.45, 7) is 13.4. The summed E-state index contributed by atoms with van der Waals surface area (Å²) in [5.41, 5.74) is 27.5. The van der Waals surface area contributed by atoms with Gasteiger partial charge in [-0.1, -0.05) is 343 Å². The first kappa shape index (κ1) is 119. The van der Waals surface area contributed by atoms with Crippen molar-refractivity contribution in [2.24, 2.45) is 0 Å². The van der Waals surface area contributed by atoms with Crippen LogP contribution in [0.5, 0.6) is 0 Å². The fourth-order valence-corrected chi connectivity index (χ4v) is 19.2. The molecule has 5 heterocycles. The normalized spacial score (nSPS) is 10.7. The Labute approximate surface area is 953 Å². The molecule has 5 nitrogen and oxygen atoms in total. The van der Waals surface area contributed by atoms with Gasteiger partial charge < -0.3 is 24.9 Å². The van der Waals surface area contributed by atoms with Gasteiger partial charge in [-0.2, -0.15) is 0 Å². The van der Waals surface area contributed by atoms with Crippen LogP contribution in [-0.2, 0) is 133 Å². The third kappa shape index (κ3) is 32.5. The molecule has 0 saturated carbocycles. The van der Waals surface area contributed by atoms with Crippen molar-refractivity contribution in [2.75, 3.05) is 0 Å². The molecular weight excluding hydrogens is 2740 g/mol. The maximum atomic E-state index is 14.6. The molecule has 0 bridgehead atoms.